The molecule has 1 fully saturated rings. The van der Waals surface area contributed by atoms with Gasteiger partial charge in [0.2, 0.25) is 0 Å². The van der Waals surface area contributed by atoms with Crippen LogP contribution in [0.3, 0.4) is 0 Å². The molecule has 7 heteroatoms. The Bertz CT molecular complexity index is 1220. The Hall–Kier alpha value is -2.67. The zero-order valence-electron chi connectivity index (χ0n) is 15.5. The molecule has 1 N–H and O–H groups in total. The lowest BCUT2D eigenvalue weighted by molar-refractivity contribution is 0.274. The Balaban J connectivity index is 1.65. The van der Waals surface area contributed by atoms with Crippen LogP contribution in [0.1, 0.15) is 36.6 Å². The third-order valence-electron chi connectivity index (χ3n) is 5.83. The van der Waals surface area contributed by atoms with Crippen molar-refractivity contribution in [2.24, 2.45) is 13.0 Å². The fourth-order valence-corrected chi connectivity index (χ4v) is 4.68. The van der Waals surface area contributed by atoms with Gasteiger partial charge in [-0.3, -0.25) is 9.36 Å². The molecule has 142 valence electrons. The molecular weight excluding hydrogens is 418 g/mol. The second-order valence-corrected chi connectivity index (χ2v) is 8.34. The largest absolute Gasteiger partial charge is 0.357 e. The van der Waals surface area contributed by atoms with Crippen LogP contribution in [0, 0.1) is 5.92 Å². The Morgan fingerprint density at radius 3 is 2.86 bits per heavy atom. The highest BCUT2D eigenvalue weighted by molar-refractivity contribution is 9.10. The first-order valence-corrected chi connectivity index (χ1v) is 10.3. The zero-order valence-corrected chi connectivity index (χ0v) is 17.1. The summed E-state index contributed by atoms with van der Waals surface area (Å²) in [4.78, 5) is 16.0. The molecule has 0 saturated heterocycles. The highest BCUT2D eigenvalue weighted by Crippen LogP contribution is 2.42. The molecule has 0 spiro atoms. The first kappa shape index (κ1) is 17.4. The Kier molecular flexibility index (Phi) is 4.19. The van der Waals surface area contributed by atoms with Crippen LogP contribution in [0.5, 0.6) is 0 Å². The van der Waals surface area contributed by atoms with E-state index in [4.69, 9.17) is 0 Å². The number of aromatic nitrogens is 5. The second kappa shape index (κ2) is 6.74. The van der Waals surface area contributed by atoms with E-state index in [0.29, 0.717) is 11.4 Å². The van der Waals surface area contributed by atoms with Gasteiger partial charge >= 0.3 is 0 Å². The summed E-state index contributed by atoms with van der Waals surface area (Å²) >= 11 is 3.59. The lowest BCUT2D eigenvalue weighted by Crippen LogP contribution is -2.24. The Morgan fingerprint density at radius 2 is 2.14 bits per heavy atom. The Morgan fingerprint density at radius 1 is 1.29 bits per heavy atom. The van der Waals surface area contributed by atoms with E-state index >= 15 is 0 Å². The molecule has 1 aromatic carbocycles. The minimum atomic E-state index is -0.0563. The van der Waals surface area contributed by atoms with Crippen LogP contribution in [0.25, 0.3) is 16.6 Å². The highest BCUT2D eigenvalue weighted by Gasteiger charge is 2.33. The third-order valence-corrected chi connectivity index (χ3v) is 6.46. The van der Waals surface area contributed by atoms with E-state index < -0.39 is 0 Å². The van der Waals surface area contributed by atoms with Gasteiger partial charge in [0.05, 0.1) is 0 Å². The van der Waals surface area contributed by atoms with Crippen molar-refractivity contribution in [1.29, 1.82) is 0 Å². The van der Waals surface area contributed by atoms with Crippen molar-refractivity contribution in [3.05, 3.63) is 75.3 Å². The summed E-state index contributed by atoms with van der Waals surface area (Å²) in [7, 11) is 1.99. The molecule has 5 rings (SSSR count). The molecule has 0 bridgehead atoms. The van der Waals surface area contributed by atoms with Crippen molar-refractivity contribution in [3.63, 3.8) is 0 Å². The van der Waals surface area contributed by atoms with E-state index in [1.807, 2.05) is 36.0 Å². The topological polar surface area (TPSA) is 68.5 Å². The minimum Gasteiger partial charge on any atom is -0.357 e. The van der Waals surface area contributed by atoms with Gasteiger partial charge in [-0.15, -0.1) is 10.2 Å². The summed E-state index contributed by atoms with van der Waals surface area (Å²) in [6, 6.07) is 10.1. The quantitative estimate of drug-likeness (QED) is 0.521. The van der Waals surface area contributed by atoms with E-state index in [1.165, 1.54) is 24.8 Å². The maximum atomic E-state index is 13.0. The molecule has 0 amide bonds. The molecule has 28 heavy (non-hydrogen) atoms. The van der Waals surface area contributed by atoms with Crippen LogP contribution in [0.4, 0.5) is 0 Å². The molecule has 3 heterocycles. The molecule has 4 aromatic rings. The minimum absolute atomic E-state index is 0.0563. The first-order chi connectivity index (χ1) is 13.6. The first-order valence-electron chi connectivity index (χ1n) is 9.46. The highest BCUT2D eigenvalue weighted by atomic mass is 79.9. The number of nitrogens with zero attached hydrogens (tertiary/aromatic N) is 4. The predicted octanol–water partition coefficient (Wildman–Crippen LogP) is 4.14. The molecule has 1 aliphatic rings. The Labute approximate surface area is 170 Å². The van der Waals surface area contributed by atoms with Crippen LogP contribution in [-0.2, 0) is 7.05 Å². The molecule has 1 atom stereocenters. The lowest BCUT2D eigenvalue weighted by Gasteiger charge is -2.33. The number of nitrogens with one attached hydrogen (secondary N) is 1. The van der Waals surface area contributed by atoms with E-state index in [0.717, 1.165) is 21.4 Å². The van der Waals surface area contributed by atoms with Gasteiger partial charge in [-0.25, -0.2) is 0 Å². The number of halogens is 1. The molecule has 6 nitrogen and oxygen atoms in total. The van der Waals surface area contributed by atoms with Crippen molar-refractivity contribution in [2.75, 3.05) is 0 Å². The molecule has 3 aromatic heterocycles. The maximum Gasteiger partial charge on any atom is 0.279 e. The number of hydrogen-bond donors (Lipinski definition) is 1. The van der Waals surface area contributed by atoms with Crippen molar-refractivity contribution in [3.8, 4) is 5.69 Å². The molecular formula is C21H20BrN5O. The molecule has 0 aliphatic heterocycles. The third kappa shape index (κ3) is 2.73. The summed E-state index contributed by atoms with van der Waals surface area (Å²) in [5.74, 6) is 1.73. The molecule has 1 saturated carbocycles. The number of aryl methyl sites for hydroxylation is 1. The number of rotatable bonds is 4. The van der Waals surface area contributed by atoms with Gasteiger partial charge in [-0.2, -0.15) is 0 Å². The summed E-state index contributed by atoms with van der Waals surface area (Å²) in [6.45, 7) is 0. The van der Waals surface area contributed by atoms with Crippen LogP contribution < -0.4 is 5.56 Å². The summed E-state index contributed by atoms with van der Waals surface area (Å²) in [5, 5.41) is 9.38. The van der Waals surface area contributed by atoms with Gasteiger partial charge < -0.3 is 9.55 Å². The van der Waals surface area contributed by atoms with Crippen molar-refractivity contribution in [1.82, 2.24) is 24.3 Å². The number of benzene rings is 1. The van der Waals surface area contributed by atoms with Crippen LogP contribution in [0.2, 0.25) is 0 Å². The number of fused-ring (bicyclic) bond motifs is 1. The standard InChI is InChI=1S/C21H20BrN5O/c1-26-12-24-25-20(26)18(13-4-2-5-13)14-6-3-7-15(10-14)27-11-17(22)16-8-9-23-19(16)21(27)28/h3,6-13,18,23H,2,4-5H2,1H3/t18-/m1/s1. The van der Waals surface area contributed by atoms with E-state index in [1.54, 1.807) is 17.1 Å². The van der Waals surface area contributed by atoms with Gasteiger partial charge in [0.1, 0.15) is 17.7 Å². The second-order valence-electron chi connectivity index (χ2n) is 7.48. The van der Waals surface area contributed by atoms with Gasteiger partial charge in [0, 0.05) is 40.9 Å². The summed E-state index contributed by atoms with van der Waals surface area (Å²) < 4.78 is 4.59. The van der Waals surface area contributed by atoms with Gasteiger partial charge in [0.25, 0.3) is 5.56 Å². The van der Waals surface area contributed by atoms with Crippen molar-refractivity contribution >= 4 is 26.8 Å². The van der Waals surface area contributed by atoms with Gasteiger partial charge in [-0.05, 0) is 58.5 Å². The van der Waals surface area contributed by atoms with Crippen molar-refractivity contribution in [2.45, 2.75) is 25.2 Å². The zero-order chi connectivity index (χ0) is 19.3. The number of aromatic amines is 1. The average molecular weight is 438 g/mol. The van der Waals surface area contributed by atoms with Crippen LogP contribution in [-0.4, -0.2) is 24.3 Å². The molecule has 1 aliphatic carbocycles. The average Bonchev–Trinajstić information content (AvgIpc) is 3.31. The maximum absolute atomic E-state index is 13.0. The lowest BCUT2D eigenvalue weighted by atomic mass is 9.72. The normalized spacial score (nSPS) is 15.6. The van der Waals surface area contributed by atoms with E-state index in [-0.39, 0.29) is 11.5 Å². The summed E-state index contributed by atoms with van der Waals surface area (Å²) in [6.07, 6.45) is 9.04. The fraction of sp³-hybridized carbons (Fsp3) is 0.286. The van der Waals surface area contributed by atoms with Crippen LogP contribution >= 0.6 is 15.9 Å². The molecule has 0 unspecified atom stereocenters. The van der Waals surface area contributed by atoms with Crippen molar-refractivity contribution < 1.29 is 0 Å². The van der Waals surface area contributed by atoms with E-state index in [9.17, 15) is 4.79 Å². The number of H-pyrrole nitrogens is 1. The fourth-order valence-electron chi connectivity index (χ4n) is 4.15. The SMILES string of the molecule is Cn1cnnc1[C@@H](c1cccc(-n2cc(Br)c3cc[nH]c3c2=O)c1)C1CCC1. The van der Waals surface area contributed by atoms with Gasteiger partial charge in [0.15, 0.2) is 0 Å². The van der Waals surface area contributed by atoms with E-state index in [2.05, 4.69) is 43.2 Å². The predicted molar refractivity (Wildman–Crippen MR) is 112 cm³/mol. The summed E-state index contributed by atoms with van der Waals surface area (Å²) in [5.41, 5.74) is 2.57. The monoisotopic (exact) mass is 437 g/mol. The smallest absolute Gasteiger partial charge is 0.279 e. The molecule has 0 radical (unpaired) electrons. The number of hydrogen-bond acceptors (Lipinski definition) is 3. The van der Waals surface area contributed by atoms with Crippen LogP contribution in [0.15, 0.2) is 58.3 Å². The number of pyridine rings is 1. The van der Waals surface area contributed by atoms with Gasteiger partial charge in [-0.1, -0.05) is 18.6 Å².